The van der Waals surface area contributed by atoms with Crippen LogP contribution in [0.2, 0.25) is 0 Å². The molecule has 156 valence electrons. The second kappa shape index (κ2) is 8.14. The van der Waals surface area contributed by atoms with Crippen LogP contribution in [0, 0.1) is 5.82 Å². The van der Waals surface area contributed by atoms with E-state index in [1.807, 2.05) is 18.2 Å². The average molecular weight is 411 g/mol. The fourth-order valence-corrected chi connectivity index (χ4v) is 4.04. The van der Waals surface area contributed by atoms with Gasteiger partial charge in [-0.1, -0.05) is 18.2 Å². The van der Waals surface area contributed by atoms with Gasteiger partial charge in [0.15, 0.2) is 0 Å². The fourth-order valence-electron chi connectivity index (χ4n) is 4.04. The molecule has 1 N–H and O–H groups in total. The van der Waals surface area contributed by atoms with Gasteiger partial charge < -0.3 is 19.9 Å². The smallest absolute Gasteiger partial charge is 0.256 e. The molecule has 0 spiro atoms. The largest absolute Gasteiger partial charge is 0.496 e. The summed E-state index contributed by atoms with van der Waals surface area (Å²) in [6, 6.07) is 10.4. The summed E-state index contributed by atoms with van der Waals surface area (Å²) in [7, 11) is 1.55. The summed E-state index contributed by atoms with van der Waals surface area (Å²) in [6.45, 7) is 0.416. The number of amides is 3. The minimum absolute atomic E-state index is 0.102. The number of anilines is 1. The highest BCUT2D eigenvalue weighted by Gasteiger charge is 2.42. The van der Waals surface area contributed by atoms with Gasteiger partial charge in [-0.3, -0.25) is 14.4 Å². The Morgan fingerprint density at radius 3 is 2.83 bits per heavy atom. The number of carbonyl (C=O) groups is 3. The van der Waals surface area contributed by atoms with E-state index in [9.17, 15) is 18.8 Å². The van der Waals surface area contributed by atoms with E-state index in [1.165, 1.54) is 21.9 Å². The second-order valence-electron chi connectivity index (χ2n) is 7.33. The van der Waals surface area contributed by atoms with Crippen LogP contribution in [-0.2, 0) is 16.1 Å². The van der Waals surface area contributed by atoms with Gasteiger partial charge in [0.2, 0.25) is 11.8 Å². The maximum atomic E-state index is 13.8. The van der Waals surface area contributed by atoms with Gasteiger partial charge in [0.25, 0.3) is 5.91 Å². The minimum atomic E-state index is -0.630. The lowest BCUT2D eigenvalue weighted by Gasteiger charge is -2.25. The number of rotatable bonds is 5. The molecule has 0 radical (unpaired) electrons. The third-order valence-corrected chi connectivity index (χ3v) is 5.51. The Balaban J connectivity index is 1.57. The second-order valence-corrected chi connectivity index (χ2v) is 7.33. The summed E-state index contributed by atoms with van der Waals surface area (Å²) in [6.07, 6.45) is 1.22. The monoisotopic (exact) mass is 411 g/mol. The molecule has 1 saturated heterocycles. The number of fused-ring (bicyclic) bond motifs is 2. The molecule has 30 heavy (non-hydrogen) atoms. The van der Waals surface area contributed by atoms with Crippen molar-refractivity contribution < 1.29 is 23.5 Å². The molecule has 7 nitrogen and oxygen atoms in total. The zero-order valence-electron chi connectivity index (χ0n) is 16.6. The van der Waals surface area contributed by atoms with Gasteiger partial charge in [0, 0.05) is 18.7 Å². The third-order valence-electron chi connectivity index (χ3n) is 5.51. The van der Waals surface area contributed by atoms with Crippen molar-refractivity contribution in [2.24, 2.45) is 0 Å². The van der Waals surface area contributed by atoms with Gasteiger partial charge >= 0.3 is 0 Å². The van der Waals surface area contributed by atoms with Crippen LogP contribution in [-0.4, -0.2) is 48.9 Å². The molecule has 0 aliphatic carbocycles. The van der Waals surface area contributed by atoms with Gasteiger partial charge in [-0.2, -0.15) is 0 Å². The molecule has 8 heteroatoms. The van der Waals surface area contributed by atoms with E-state index in [1.54, 1.807) is 13.2 Å². The molecule has 2 aromatic rings. The molecule has 2 aromatic carbocycles. The predicted octanol–water partition coefficient (Wildman–Crippen LogP) is 2.10. The zero-order valence-corrected chi connectivity index (χ0v) is 16.6. The molecule has 1 fully saturated rings. The van der Waals surface area contributed by atoms with Crippen LogP contribution >= 0.6 is 0 Å². The molecule has 4 rings (SSSR count). The number of benzene rings is 2. The van der Waals surface area contributed by atoms with Crippen LogP contribution in [0.15, 0.2) is 42.5 Å². The van der Waals surface area contributed by atoms with Crippen molar-refractivity contribution in [3.8, 4) is 5.75 Å². The summed E-state index contributed by atoms with van der Waals surface area (Å²) in [4.78, 5) is 41.5. The van der Waals surface area contributed by atoms with Crippen LogP contribution in [0.1, 0.15) is 28.8 Å². The van der Waals surface area contributed by atoms with Crippen LogP contribution in [0.4, 0.5) is 10.1 Å². The highest BCUT2D eigenvalue weighted by atomic mass is 19.1. The number of hydrogen-bond acceptors (Lipinski definition) is 4. The first-order chi connectivity index (χ1) is 14.5. The Kier molecular flexibility index (Phi) is 5.39. The standard InChI is InChI=1S/C22H22FN3O4/c1-30-19-7-3-2-5-14(19)12-24-20(27)13-26-17-9-8-15(23)11-16(17)21(28)25-10-4-6-18(25)22(26)29/h2-3,5,7-9,11,18H,4,6,10,12-13H2,1H3,(H,24,27). The van der Waals surface area contributed by atoms with Crippen molar-refractivity contribution in [2.75, 3.05) is 25.1 Å². The lowest BCUT2D eigenvalue weighted by Crippen LogP contribution is -2.48. The quantitative estimate of drug-likeness (QED) is 0.817. The normalized spacial score (nSPS) is 18.0. The molecule has 1 unspecified atom stereocenters. The Hall–Kier alpha value is -3.42. The molecular formula is C22H22FN3O4. The van der Waals surface area contributed by atoms with Gasteiger partial charge in [-0.05, 0) is 37.1 Å². The molecule has 1 atom stereocenters. The van der Waals surface area contributed by atoms with Gasteiger partial charge in [0.1, 0.15) is 24.2 Å². The molecule has 3 amide bonds. The number of nitrogens with one attached hydrogen (secondary N) is 1. The van der Waals surface area contributed by atoms with Crippen molar-refractivity contribution in [3.63, 3.8) is 0 Å². The van der Waals surface area contributed by atoms with Crippen molar-refractivity contribution in [3.05, 3.63) is 59.4 Å². The van der Waals surface area contributed by atoms with Crippen LogP contribution in [0.25, 0.3) is 0 Å². The summed E-state index contributed by atoms with van der Waals surface area (Å²) >= 11 is 0. The van der Waals surface area contributed by atoms with Crippen molar-refractivity contribution in [2.45, 2.75) is 25.4 Å². The van der Waals surface area contributed by atoms with E-state index in [4.69, 9.17) is 4.74 Å². The topological polar surface area (TPSA) is 79.0 Å². The first-order valence-corrected chi connectivity index (χ1v) is 9.80. The summed E-state index contributed by atoms with van der Waals surface area (Å²) in [5, 5.41) is 2.79. The summed E-state index contributed by atoms with van der Waals surface area (Å²) in [5.41, 5.74) is 1.16. The molecule has 2 heterocycles. The lowest BCUT2D eigenvalue weighted by atomic mass is 10.1. The average Bonchev–Trinajstić information content (AvgIpc) is 3.23. The van der Waals surface area contributed by atoms with Gasteiger partial charge in [-0.15, -0.1) is 0 Å². The number of para-hydroxylation sites is 1. The van der Waals surface area contributed by atoms with Crippen LogP contribution in [0.3, 0.4) is 0 Å². The Morgan fingerprint density at radius 2 is 2.03 bits per heavy atom. The van der Waals surface area contributed by atoms with E-state index in [0.717, 1.165) is 11.6 Å². The van der Waals surface area contributed by atoms with E-state index < -0.39 is 11.9 Å². The van der Waals surface area contributed by atoms with E-state index >= 15 is 0 Å². The predicted molar refractivity (Wildman–Crippen MR) is 108 cm³/mol. The molecule has 2 aliphatic heterocycles. The number of ether oxygens (including phenoxy) is 1. The first-order valence-electron chi connectivity index (χ1n) is 9.80. The van der Waals surface area contributed by atoms with Crippen molar-refractivity contribution in [1.82, 2.24) is 10.2 Å². The Labute approximate surface area is 173 Å². The zero-order chi connectivity index (χ0) is 21.3. The Morgan fingerprint density at radius 1 is 1.23 bits per heavy atom. The molecule has 2 aliphatic rings. The number of hydrogen-bond donors (Lipinski definition) is 1. The van der Waals surface area contributed by atoms with Crippen LogP contribution < -0.4 is 15.0 Å². The SMILES string of the molecule is COc1ccccc1CNC(=O)CN1C(=O)C2CCCN2C(=O)c2cc(F)ccc21. The summed E-state index contributed by atoms with van der Waals surface area (Å²) < 4.78 is 19.1. The van der Waals surface area contributed by atoms with Crippen molar-refractivity contribution >= 4 is 23.4 Å². The minimum Gasteiger partial charge on any atom is -0.496 e. The number of halogens is 1. The first kappa shape index (κ1) is 19.9. The van der Waals surface area contributed by atoms with E-state index in [-0.39, 0.29) is 42.1 Å². The third kappa shape index (κ3) is 3.60. The van der Waals surface area contributed by atoms with E-state index in [0.29, 0.717) is 25.1 Å². The van der Waals surface area contributed by atoms with Crippen molar-refractivity contribution in [1.29, 1.82) is 0 Å². The molecule has 0 saturated carbocycles. The van der Waals surface area contributed by atoms with Gasteiger partial charge in [0.05, 0.1) is 18.4 Å². The molecule has 0 bridgehead atoms. The highest BCUT2D eigenvalue weighted by molar-refractivity contribution is 6.12. The molecule has 0 aromatic heterocycles. The van der Waals surface area contributed by atoms with Gasteiger partial charge in [-0.25, -0.2) is 4.39 Å². The highest BCUT2D eigenvalue weighted by Crippen LogP contribution is 2.32. The van der Waals surface area contributed by atoms with Crippen LogP contribution in [0.5, 0.6) is 5.75 Å². The maximum Gasteiger partial charge on any atom is 0.256 e. The van der Waals surface area contributed by atoms with E-state index in [2.05, 4.69) is 5.32 Å². The number of carbonyl (C=O) groups excluding carboxylic acids is 3. The number of nitrogens with zero attached hydrogens (tertiary/aromatic N) is 2. The molecular weight excluding hydrogens is 389 g/mol. The maximum absolute atomic E-state index is 13.8. The lowest BCUT2D eigenvalue weighted by molar-refractivity contribution is -0.125. The fraction of sp³-hybridized carbons (Fsp3) is 0.318. The Bertz CT molecular complexity index is 1010. The number of methoxy groups -OCH3 is 1. The summed E-state index contributed by atoms with van der Waals surface area (Å²) in [5.74, 6) is -0.996.